The average molecular weight is 519 g/mol. The maximum absolute atomic E-state index is 13.2. The zero-order valence-corrected chi connectivity index (χ0v) is 20.9. The van der Waals surface area contributed by atoms with Crippen LogP contribution in [0.15, 0.2) is 54.6 Å². The lowest BCUT2D eigenvalue weighted by Crippen LogP contribution is -2.52. The summed E-state index contributed by atoms with van der Waals surface area (Å²) in [5.41, 5.74) is 7.12. The fourth-order valence-electron chi connectivity index (χ4n) is 3.72. The van der Waals surface area contributed by atoms with E-state index in [1.807, 2.05) is 30.3 Å². The van der Waals surface area contributed by atoms with Gasteiger partial charge in [-0.25, -0.2) is 4.98 Å². The van der Waals surface area contributed by atoms with E-state index < -0.39 is 23.7 Å². The second kappa shape index (κ2) is 12.1. The fraction of sp³-hybridized carbons (Fsp3) is 0.346. The number of rotatable bonds is 10. The van der Waals surface area contributed by atoms with E-state index in [0.717, 1.165) is 17.7 Å². The van der Waals surface area contributed by atoms with Crippen molar-refractivity contribution in [2.45, 2.75) is 51.4 Å². The van der Waals surface area contributed by atoms with E-state index in [-0.39, 0.29) is 31.3 Å². The van der Waals surface area contributed by atoms with Gasteiger partial charge in [-0.2, -0.15) is 13.2 Å². The van der Waals surface area contributed by atoms with Gasteiger partial charge in [-0.3, -0.25) is 9.59 Å². The number of nitrogens with two attached hydrogens (primary N) is 1. The summed E-state index contributed by atoms with van der Waals surface area (Å²) in [6.45, 7) is 3.60. The highest BCUT2D eigenvalue weighted by Crippen LogP contribution is 2.35. The van der Waals surface area contributed by atoms with E-state index in [9.17, 15) is 22.8 Å². The molecule has 36 heavy (non-hydrogen) atoms. The lowest BCUT2D eigenvalue weighted by Gasteiger charge is -2.22. The summed E-state index contributed by atoms with van der Waals surface area (Å²) >= 11 is 1.21. The number of aryl methyl sites for hydroxylation is 1. The van der Waals surface area contributed by atoms with Gasteiger partial charge in [0.05, 0.1) is 21.1 Å². The highest BCUT2D eigenvalue weighted by Gasteiger charge is 2.31. The second-order valence-corrected chi connectivity index (χ2v) is 9.49. The third-order valence-electron chi connectivity index (χ3n) is 5.60. The Labute approximate surface area is 212 Å². The quantitative estimate of drug-likeness (QED) is 0.374. The molecular formula is C26H29F3N4O2S. The third kappa shape index (κ3) is 7.38. The molecule has 0 bridgehead atoms. The Morgan fingerprint density at radius 1 is 1.06 bits per heavy atom. The SMILES string of the molecule is CCC(=O)N[C@@H](Cc1nc(C)c(-c2cccc(C(F)(F)F)c2)s1)C(=O)N[C@H](CN)Cc1ccccc1. The highest BCUT2D eigenvalue weighted by atomic mass is 32.1. The number of nitrogens with zero attached hydrogens (tertiary/aromatic N) is 1. The molecule has 0 aliphatic rings. The van der Waals surface area contributed by atoms with Gasteiger partial charge in [0.15, 0.2) is 0 Å². The van der Waals surface area contributed by atoms with Gasteiger partial charge < -0.3 is 16.4 Å². The molecule has 0 radical (unpaired) electrons. The minimum atomic E-state index is -4.45. The fourth-order valence-corrected chi connectivity index (χ4v) is 4.82. The Balaban J connectivity index is 1.79. The van der Waals surface area contributed by atoms with Crippen molar-refractivity contribution in [3.05, 3.63) is 76.4 Å². The van der Waals surface area contributed by atoms with Crippen molar-refractivity contribution >= 4 is 23.2 Å². The number of halogens is 3. The second-order valence-electron chi connectivity index (χ2n) is 8.41. The van der Waals surface area contributed by atoms with Crippen molar-refractivity contribution in [2.24, 2.45) is 5.73 Å². The Bertz CT molecular complexity index is 1180. The molecule has 3 rings (SSSR count). The first-order valence-electron chi connectivity index (χ1n) is 11.6. The maximum Gasteiger partial charge on any atom is 0.416 e. The summed E-state index contributed by atoms with van der Waals surface area (Å²) in [5, 5.41) is 6.18. The van der Waals surface area contributed by atoms with Crippen LogP contribution < -0.4 is 16.4 Å². The molecule has 3 aromatic rings. The van der Waals surface area contributed by atoms with Gasteiger partial charge in [0.1, 0.15) is 6.04 Å². The van der Waals surface area contributed by atoms with Crippen molar-refractivity contribution in [2.75, 3.05) is 6.54 Å². The molecule has 0 fully saturated rings. The number of nitrogens with one attached hydrogen (secondary N) is 2. The molecule has 2 amide bonds. The number of hydrogen-bond donors (Lipinski definition) is 3. The molecule has 1 heterocycles. The topological polar surface area (TPSA) is 97.1 Å². The standard InChI is InChI=1S/C26H29F3N4O2S/c1-3-22(34)33-21(25(35)32-20(15-30)12-17-8-5-4-6-9-17)14-23-31-16(2)24(36-23)18-10-7-11-19(13-18)26(27,28)29/h4-11,13,20-21H,3,12,14-15,30H2,1-2H3,(H,32,35)(H,33,34)/t20-,21-/m0/s1. The lowest BCUT2D eigenvalue weighted by atomic mass is 10.1. The molecule has 0 spiro atoms. The highest BCUT2D eigenvalue weighted by molar-refractivity contribution is 7.15. The summed E-state index contributed by atoms with van der Waals surface area (Å²) in [6, 6.07) is 13.4. The van der Waals surface area contributed by atoms with Crippen LogP contribution in [0.2, 0.25) is 0 Å². The van der Waals surface area contributed by atoms with E-state index >= 15 is 0 Å². The zero-order chi connectivity index (χ0) is 26.3. The van der Waals surface area contributed by atoms with Crippen LogP contribution in [0.25, 0.3) is 10.4 Å². The van der Waals surface area contributed by atoms with Crippen LogP contribution in [0.3, 0.4) is 0 Å². The molecule has 10 heteroatoms. The smallest absolute Gasteiger partial charge is 0.350 e. The van der Waals surface area contributed by atoms with Gasteiger partial charge in [0, 0.05) is 25.4 Å². The Morgan fingerprint density at radius 3 is 2.42 bits per heavy atom. The maximum atomic E-state index is 13.2. The molecule has 6 nitrogen and oxygen atoms in total. The van der Waals surface area contributed by atoms with Crippen LogP contribution in [-0.4, -0.2) is 35.4 Å². The first kappa shape index (κ1) is 27.3. The monoisotopic (exact) mass is 518 g/mol. The van der Waals surface area contributed by atoms with Gasteiger partial charge in [-0.05, 0) is 36.6 Å². The Morgan fingerprint density at radius 2 is 1.78 bits per heavy atom. The average Bonchev–Trinajstić information content (AvgIpc) is 3.23. The Hall–Kier alpha value is -3.24. The van der Waals surface area contributed by atoms with Crippen LogP contribution in [-0.2, 0) is 28.6 Å². The zero-order valence-electron chi connectivity index (χ0n) is 20.1. The van der Waals surface area contributed by atoms with E-state index in [0.29, 0.717) is 27.6 Å². The molecule has 192 valence electrons. The molecule has 0 aliphatic carbocycles. The summed E-state index contributed by atoms with van der Waals surface area (Å²) in [7, 11) is 0. The minimum Gasteiger partial charge on any atom is -0.350 e. The van der Waals surface area contributed by atoms with Crippen molar-refractivity contribution in [3.63, 3.8) is 0 Å². The van der Waals surface area contributed by atoms with E-state index in [1.54, 1.807) is 19.9 Å². The van der Waals surface area contributed by atoms with Gasteiger partial charge in [0.2, 0.25) is 11.8 Å². The number of hydrogen-bond acceptors (Lipinski definition) is 5. The largest absolute Gasteiger partial charge is 0.416 e. The molecule has 0 saturated carbocycles. The number of benzene rings is 2. The Kier molecular flexibility index (Phi) is 9.22. The number of carbonyl (C=O) groups excluding carboxylic acids is 2. The van der Waals surface area contributed by atoms with Crippen molar-refractivity contribution in [1.82, 2.24) is 15.6 Å². The number of amides is 2. The molecule has 1 aromatic heterocycles. The molecule has 4 N–H and O–H groups in total. The van der Waals surface area contributed by atoms with Crippen molar-refractivity contribution in [3.8, 4) is 10.4 Å². The van der Waals surface area contributed by atoms with Crippen LogP contribution >= 0.6 is 11.3 Å². The van der Waals surface area contributed by atoms with Gasteiger partial charge in [-0.15, -0.1) is 11.3 Å². The summed E-state index contributed by atoms with van der Waals surface area (Å²) in [5.74, 6) is -0.689. The number of aromatic nitrogens is 1. The lowest BCUT2D eigenvalue weighted by molar-refractivity contribution is -0.137. The van der Waals surface area contributed by atoms with Gasteiger partial charge >= 0.3 is 6.18 Å². The molecular weight excluding hydrogens is 489 g/mol. The normalized spacial score (nSPS) is 13.2. The summed E-state index contributed by atoms with van der Waals surface area (Å²) < 4.78 is 39.5. The van der Waals surface area contributed by atoms with Gasteiger partial charge in [-0.1, -0.05) is 49.4 Å². The van der Waals surface area contributed by atoms with Crippen LogP contribution in [0.1, 0.15) is 35.2 Å². The predicted molar refractivity (Wildman–Crippen MR) is 134 cm³/mol. The number of alkyl halides is 3. The van der Waals surface area contributed by atoms with E-state index in [4.69, 9.17) is 5.73 Å². The van der Waals surface area contributed by atoms with Crippen LogP contribution in [0, 0.1) is 6.92 Å². The minimum absolute atomic E-state index is 0.102. The van der Waals surface area contributed by atoms with Gasteiger partial charge in [0.25, 0.3) is 0 Å². The molecule has 0 unspecified atom stereocenters. The molecule has 2 aromatic carbocycles. The van der Waals surface area contributed by atoms with Crippen molar-refractivity contribution < 1.29 is 22.8 Å². The first-order valence-corrected chi connectivity index (χ1v) is 12.4. The van der Waals surface area contributed by atoms with Crippen LogP contribution in [0.5, 0.6) is 0 Å². The molecule has 2 atom stereocenters. The van der Waals surface area contributed by atoms with E-state index in [2.05, 4.69) is 15.6 Å². The first-order chi connectivity index (χ1) is 17.1. The van der Waals surface area contributed by atoms with E-state index in [1.165, 1.54) is 17.4 Å². The molecule has 0 saturated heterocycles. The number of thiazole rings is 1. The predicted octanol–water partition coefficient (Wildman–Crippen LogP) is 4.26. The van der Waals surface area contributed by atoms with Crippen LogP contribution in [0.4, 0.5) is 13.2 Å². The summed E-state index contributed by atoms with van der Waals surface area (Å²) in [4.78, 5) is 30.4. The third-order valence-corrected chi connectivity index (χ3v) is 6.83. The van der Waals surface area contributed by atoms with Crippen molar-refractivity contribution in [1.29, 1.82) is 0 Å². The number of carbonyl (C=O) groups is 2. The molecule has 0 aliphatic heterocycles. The summed E-state index contributed by atoms with van der Waals surface area (Å²) in [6.07, 6.45) is -3.62.